The zero-order chi connectivity index (χ0) is 9.30. The lowest BCUT2D eigenvalue weighted by atomic mass is 9.77. The van der Waals surface area contributed by atoms with Gasteiger partial charge in [0.25, 0.3) is 0 Å². The third-order valence-electron chi connectivity index (χ3n) is 1.61. The molecule has 0 bridgehead atoms. The van der Waals surface area contributed by atoms with Crippen LogP contribution in [0.3, 0.4) is 0 Å². The molecular weight excluding hydrogens is 181 g/mol. The fourth-order valence-electron chi connectivity index (χ4n) is 0.980. The van der Waals surface area contributed by atoms with Gasteiger partial charge in [-0.2, -0.15) is 0 Å². The monoisotopic (exact) mass is 188 g/mol. The summed E-state index contributed by atoms with van der Waals surface area (Å²) in [5.41, 5.74) is 0.577. The normalized spacial score (nSPS) is 10.1. The molecule has 0 aliphatic heterocycles. The Morgan fingerprint density at radius 3 is 2.42 bits per heavy atom. The van der Waals surface area contributed by atoms with E-state index in [2.05, 4.69) is 0 Å². The SMILES string of the molecule is Cc1ccc(F)c(Cl)c1B(O)O. The summed E-state index contributed by atoms with van der Waals surface area (Å²) in [6.07, 6.45) is 0. The van der Waals surface area contributed by atoms with Crippen molar-refractivity contribution in [3.05, 3.63) is 28.5 Å². The number of hydrogen-bond donors (Lipinski definition) is 2. The quantitative estimate of drug-likeness (QED) is 0.629. The molecule has 1 aromatic carbocycles. The van der Waals surface area contributed by atoms with Crippen LogP contribution < -0.4 is 5.46 Å². The summed E-state index contributed by atoms with van der Waals surface area (Å²) in [7, 11) is -1.73. The van der Waals surface area contributed by atoms with E-state index in [4.69, 9.17) is 21.6 Å². The van der Waals surface area contributed by atoms with Crippen molar-refractivity contribution in [2.45, 2.75) is 6.92 Å². The summed E-state index contributed by atoms with van der Waals surface area (Å²) < 4.78 is 12.8. The third kappa shape index (κ3) is 1.60. The topological polar surface area (TPSA) is 40.5 Å². The summed E-state index contributed by atoms with van der Waals surface area (Å²) in [5.74, 6) is -0.648. The molecule has 2 N–H and O–H groups in total. The second-order valence-corrected chi connectivity index (χ2v) is 2.84. The van der Waals surface area contributed by atoms with E-state index in [0.717, 1.165) is 0 Å². The maximum atomic E-state index is 12.8. The maximum Gasteiger partial charge on any atom is 0.490 e. The van der Waals surface area contributed by atoms with E-state index >= 15 is 0 Å². The first-order valence-corrected chi connectivity index (χ1v) is 3.72. The average molecular weight is 188 g/mol. The van der Waals surface area contributed by atoms with Gasteiger partial charge in [0.05, 0.1) is 5.02 Å². The molecule has 0 amide bonds. The van der Waals surface area contributed by atoms with Gasteiger partial charge in [-0.1, -0.05) is 17.7 Å². The number of hydrogen-bond acceptors (Lipinski definition) is 2. The maximum absolute atomic E-state index is 12.8. The second-order valence-electron chi connectivity index (χ2n) is 2.47. The molecule has 2 nitrogen and oxygen atoms in total. The minimum absolute atomic E-state index is 0.0247. The fraction of sp³-hybridized carbons (Fsp3) is 0.143. The van der Waals surface area contributed by atoms with Crippen LogP contribution in [0, 0.1) is 12.7 Å². The predicted molar refractivity (Wildman–Crippen MR) is 46.0 cm³/mol. The van der Waals surface area contributed by atoms with Crippen molar-refractivity contribution in [2.24, 2.45) is 0 Å². The van der Waals surface area contributed by atoms with Gasteiger partial charge in [0.1, 0.15) is 5.82 Å². The lowest BCUT2D eigenvalue weighted by Gasteiger charge is -2.06. The molecule has 0 fully saturated rings. The van der Waals surface area contributed by atoms with Gasteiger partial charge in [-0.05, 0) is 18.6 Å². The summed E-state index contributed by atoms with van der Waals surface area (Å²) in [4.78, 5) is 0. The molecular formula is C7H7BClFO2. The zero-order valence-corrected chi connectivity index (χ0v) is 7.14. The smallest absolute Gasteiger partial charge is 0.423 e. The van der Waals surface area contributed by atoms with Gasteiger partial charge in [0.2, 0.25) is 0 Å². The molecule has 1 aromatic rings. The minimum atomic E-state index is -1.73. The highest BCUT2D eigenvalue weighted by molar-refractivity contribution is 6.63. The Balaban J connectivity index is 3.33. The first kappa shape index (κ1) is 9.51. The molecule has 0 heterocycles. The van der Waals surface area contributed by atoms with E-state index in [-0.39, 0.29) is 10.5 Å². The van der Waals surface area contributed by atoms with Gasteiger partial charge in [-0.3, -0.25) is 0 Å². The van der Waals surface area contributed by atoms with E-state index in [1.165, 1.54) is 12.1 Å². The molecule has 0 aliphatic carbocycles. The summed E-state index contributed by atoms with van der Waals surface area (Å²) >= 11 is 5.50. The Labute approximate surface area is 74.7 Å². The largest absolute Gasteiger partial charge is 0.490 e. The van der Waals surface area contributed by atoms with E-state index < -0.39 is 12.9 Å². The van der Waals surface area contributed by atoms with Crippen LogP contribution in [0.4, 0.5) is 4.39 Å². The Bertz CT molecular complexity index is 304. The predicted octanol–water partition coefficient (Wildman–Crippen LogP) is 0.467. The highest BCUT2D eigenvalue weighted by Gasteiger charge is 2.20. The van der Waals surface area contributed by atoms with E-state index in [1.54, 1.807) is 6.92 Å². The van der Waals surface area contributed by atoms with Gasteiger partial charge in [-0.15, -0.1) is 0 Å². The number of halogens is 2. The second kappa shape index (κ2) is 3.43. The molecule has 64 valence electrons. The molecule has 0 unspecified atom stereocenters. The van der Waals surface area contributed by atoms with Crippen molar-refractivity contribution in [1.29, 1.82) is 0 Å². The number of benzene rings is 1. The Hall–Kier alpha value is -0.575. The van der Waals surface area contributed by atoms with Crippen LogP contribution in [0.2, 0.25) is 5.02 Å². The van der Waals surface area contributed by atoms with Crippen LogP contribution in [-0.4, -0.2) is 17.2 Å². The van der Waals surface area contributed by atoms with Crippen LogP contribution in [0.5, 0.6) is 0 Å². The van der Waals surface area contributed by atoms with E-state index in [1.807, 2.05) is 0 Å². The van der Waals surface area contributed by atoms with Crippen LogP contribution >= 0.6 is 11.6 Å². The molecule has 0 spiro atoms. The summed E-state index contributed by atoms with van der Waals surface area (Å²) in [5, 5.41) is 17.4. The highest BCUT2D eigenvalue weighted by Crippen LogP contribution is 2.13. The molecule has 1 rings (SSSR count). The van der Waals surface area contributed by atoms with Gasteiger partial charge >= 0.3 is 7.12 Å². The van der Waals surface area contributed by atoms with Crippen molar-refractivity contribution in [3.63, 3.8) is 0 Å². The van der Waals surface area contributed by atoms with Crippen LogP contribution in [0.1, 0.15) is 5.56 Å². The van der Waals surface area contributed by atoms with Crippen molar-refractivity contribution >= 4 is 24.2 Å². The molecule has 0 saturated heterocycles. The average Bonchev–Trinajstić information content (AvgIpc) is 1.97. The molecule has 0 aliphatic rings. The van der Waals surface area contributed by atoms with Crippen molar-refractivity contribution in [2.75, 3.05) is 0 Å². The number of aryl methyl sites for hydroxylation is 1. The molecule has 12 heavy (non-hydrogen) atoms. The molecule has 5 heteroatoms. The number of rotatable bonds is 1. The first-order chi connectivity index (χ1) is 5.54. The van der Waals surface area contributed by atoms with Crippen molar-refractivity contribution in [1.82, 2.24) is 0 Å². The Morgan fingerprint density at radius 2 is 2.00 bits per heavy atom. The fourth-order valence-corrected chi connectivity index (χ4v) is 1.29. The standard InChI is InChI=1S/C7H7BClFO2/c1-4-2-3-5(10)7(9)6(4)8(11)12/h2-3,11-12H,1H3. The lowest BCUT2D eigenvalue weighted by Crippen LogP contribution is -2.33. The summed E-state index contributed by atoms with van der Waals surface area (Å²) in [6.45, 7) is 1.63. The zero-order valence-electron chi connectivity index (χ0n) is 6.38. The Morgan fingerprint density at radius 1 is 1.42 bits per heavy atom. The third-order valence-corrected chi connectivity index (χ3v) is 1.99. The van der Waals surface area contributed by atoms with Crippen molar-refractivity contribution < 1.29 is 14.4 Å². The lowest BCUT2D eigenvalue weighted by molar-refractivity contribution is 0.425. The highest BCUT2D eigenvalue weighted by atomic mass is 35.5. The van der Waals surface area contributed by atoms with Crippen LogP contribution in [0.25, 0.3) is 0 Å². The van der Waals surface area contributed by atoms with Gasteiger partial charge in [0.15, 0.2) is 0 Å². The summed E-state index contributed by atoms with van der Waals surface area (Å²) in [6, 6.07) is 2.62. The van der Waals surface area contributed by atoms with E-state index in [9.17, 15) is 4.39 Å². The van der Waals surface area contributed by atoms with Crippen LogP contribution in [0.15, 0.2) is 12.1 Å². The molecule has 0 radical (unpaired) electrons. The minimum Gasteiger partial charge on any atom is -0.423 e. The molecule has 0 aromatic heterocycles. The van der Waals surface area contributed by atoms with Crippen molar-refractivity contribution in [3.8, 4) is 0 Å². The Kier molecular flexibility index (Phi) is 2.72. The van der Waals surface area contributed by atoms with Gasteiger partial charge in [0, 0.05) is 5.46 Å². The molecule has 0 saturated carbocycles. The van der Waals surface area contributed by atoms with Crippen LogP contribution in [-0.2, 0) is 0 Å². The van der Waals surface area contributed by atoms with Gasteiger partial charge < -0.3 is 10.0 Å². The van der Waals surface area contributed by atoms with E-state index in [0.29, 0.717) is 5.56 Å². The first-order valence-electron chi connectivity index (χ1n) is 3.34. The molecule has 0 atom stereocenters. The van der Waals surface area contributed by atoms with Gasteiger partial charge in [-0.25, -0.2) is 4.39 Å².